The van der Waals surface area contributed by atoms with Crippen molar-refractivity contribution in [3.05, 3.63) is 29.6 Å². The van der Waals surface area contributed by atoms with Crippen molar-refractivity contribution in [2.24, 2.45) is 0 Å². The minimum atomic E-state index is -0.623. The van der Waals surface area contributed by atoms with Crippen molar-refractivity contribution in [3.63, 3.8) is 0 Å². The Balaban J connectivity index is 0.00000162. The number of nitrogens with zero attached hydrogens (tertiary/aromatic N) is 1. The number of alkyl halides is 1. The van der Waals surface area contributed by atoms with Gasteiger partial charge in [-0.15, -0.1) is 24.8 Å². The standard InChI is InChI=1S/C12H16F2N2O.2ClH/c13-8-12(16-5-3-15-4-6-16)10-2-1-9(17)7-11(10)14;;/h1-2,7,12,15,17H,3-6,8H2;2*1H/t12-;;/m1../s1. The summed E-state index contributed by atoms with van der Waals surface area (Å²) in [5.74, 6) is -0.685. The lowest BCUT2D eigenvalue weighted by molar-refractivity contribution is 0.144. The van der Waals surface area contributed by atoms with Crippen LogP contribution in [0.5, 0.6) is 5.75 Å². The summed E-state index contributed by atoms with van der Waals surface area (Å²) in [5, 5.41) is 12.3. The molecule has 1 fully saturated rings. The van der Waals surface area contributed by atoms with E-state index < -0.39 is 18.5 Å². The van der Waals surface area contributed by atoms with Crippen molar-refractivity contribution in [2.75, 3.05) is 32.9 Å². The molecule has 1 aliphatic rings. The molecule has 1 aliphatic heterocycles. The minimum absolute atomic E-state index is 0. The molecule has 0 aromatic heterocycles. The summed E-state index contributed by atoms with van der Waals surface area (Å²) in [5.41, 5.74) is 0.312. The Hall–Kier alpha value is -0.620. The molecule has 0 amide bonds. The third kappa shape index (κ3) is 4.45. The average molecular weight is 315 g/mol. The van der Waals surface area contributed by atoms with Gasteiger partial charge < -0.3 is 10.4 Å². The van der Waals surface area contributed by atoms with Crippen LogP contribution in [0.15, 0.2) is 18.2 Å². The monoisotopic (exact) mass is 314 g/mol. The van der Waals surface area contributed by atoms with E-state index in [1.54, 1.807) is 0 Å². The summed E-state index contributed by atoms with van der Waals surface area (Å²) < 4.78 is 26.8. The third-order valence-corrected chi connectivity index (χ3v) is 3.08. The number of hydrogen-bond donors (Lipinski definition) is 2. The summed E-state index contributed by atoms with van der Waals surface area (Å²) in [6, 6.07) is 3.32. The largest absolute Gasteiger partial charge is 0.508 e. The summed E-state index contributed by atoms with van der Waals surface area (Å²) >= 11 is 0. The highest BCUT2D eigenvalue weighted by Crippen LogP contribution is 2.26. The van der Waals surface area contributed by atoms with E-state index >= 15 is 0 Å². The molecular formula is C12H18Cl2F2N2O. The van der Waals surface area contributed by atoms with E-state index in [-0.39, 0.29) is 30.6 Å². The highest BCUT2D eigenvalue weighted by molar-refractivity contribution is 5.85. The van der Waals surface area contributed by atoms with Gasteiger partial charge in [-0.25, -0.2) is 8.78 Å². The van der Waals surface area contributed by atoms with Gasteiger partial charge in [0.15, 0.2) is 0 Å². The molecule has 0 saturated carbocycles. The maximum Gasteiger partial charge on any atom is 0.131 e. The summed E-state index contributed by atoms with van der Waals surface area (Å²) in [6.07, 6.45) is 0. The number of phenols is 1. The molecular weight excluding hydrogens is 297 g/mol. The molecule has 19 heavy (non-hydrogen) atoms. The summed E-state index contributed by atoms with van der Waals surface area (Å²) in [4.78, 5) is 1.92. The van der Waals surface area contributed by atoms with Crippen molar-refractivity contribution in [1.82, 2.24) is 10.2 Å². The van der Waals surface area contributed by atoms with Crippen LogP contribution in [0.3, 0.4) is 0 Å². The maximum atomic E-state index is 13.7. The molecule has 0 radical (unpaired) electrons. The third-order valence-electron chi connectivity index (χ3n) is 3.08. The fourth-order valence-corrected chi connectivity index (χ4v) is 2.16. The van der Waals surface area contributed by atoms with Crippen LogP contribution in [0.25, 0.3) is 0 Å². The van der Waals surface area contributed by atoms with Gasteiger partial charge in [0.05, 0.1) is 6.04 Å². The normalized spacial score (nSPS) is 17.2. The lowest BCUT2D eigenvalue weighted by Gasteiger charge is -2.33. The fourth-order valence-electron chi connectivity index (χ4n) is 2.16. The number of halogens is 4. The topological polar surface area (TPSA) is 35.5 Å². The predicted molar refractivity (Wildman–Crippen MR) is 75.7 cm³/mol. The Labute approximate surface area is 123 Å². The van der Waals surface area contributed by atoms with E-state index in [9.17, 15) is 8.78 Å². The van der Waals surface area contributed by atoms with E-state index in [0.29, 0.717) is 18.7 Å². The molecule has 2 rings (SSSR count). The Kier molecular flexibility index (Phi) is 8.25. The summed E-state index contributed by atoms with van der Waals surface area (Å²) in [6.45, 7) is 2.36. The van der Waals surface area contributed by atoms with Gasteiger partial charge in [-0.05, 0) is 6.07 Å². The van der Waals surface area contributed by atoms with Crippen LogP contribution in [0.4, 0.5) is 8.78 Å². The van der Waals surface area contributed by atoms with Gasteiger partial charge in [0.25, 0.3) is 0 Å². The first-order chi connectivity index (χ1) is 8.22. The number of phenolic OH excluding ortho intramolecular Hbond substituents is 1. The zero-order chi connectivity index (χ0) is 12.3. The maximum absolute atomic E-state index is 13.7. The van der Waals surface area contributed by atoms with Crippen molar-refractivity contribution in [3.8, 4) is 5.75 Å². The molecule has 0 unspecified atom stereocenters. The van der Waals surface area contributed by atoms with Crippen LogP contribution >= 0.6 is 24.8 Å². The van der Waals surface area contributed by atoms with Gasteiger partial charge in [0.2, 0.25) is 0 Å². The van der Waals surface area contributed by atoms with E-state index in [0.717, 1.165) is 19.2 Å². The fraction of sp³-hybridized carbons (Fsp3) is 0.500. The molecule has 1 atom stereocenters. The molecule has 0 aliphatic carbocycles. The first-order valence-corrected chi connectivity index (χ1v) is 5.71. The zero-order valence-corrected chi connectivity index (χ0v) is 11.9. The van der Waals surface area contributed by atoms with Gasteiger partial charge in [-0.2, -0.15) is 0 Å². The number of rotatable bonds is 3. The second-order valence-corrected chi connectivity index (χ2v) is 4.16. The molecule has 1 aromatic carbocycles. The van der Waals surface area contributed by atoms with Crippen molar-refractivity contribution < 1.29 is 13.9 Å². The highest BCUT2D eigenvalue weighted by Gasteiger charge is 2.24. The zero-order valence-electron chi connectivity index (χ0n) is 10.3. The molecule has 0 bridgehead atoms. The first-order valence-electron chi connectivity index (χ1n) is 5.71. The van der Waals surface area contributed by atoms with Crippen LogP contribution < -0.4 is 5.32 Å². The number of piperazine rings is 1. The van der Waals surface area contributed by atoms with Crippen LogP contribution in [-0.4, -0.2) is 42.9 Å². The second kappa shape index (κ2) is 8.53. The molecule has 110 valence electrons. The summed E-state index contributed by atoms with van der Waals surface area (Å²) in [7, 11) is 0. The van der Waals surface area contributed by atoms with Gasteiger partial charge in [0.1, 0.15) is 18.2 Å². The molecule has 2 N–H and O–H groups in total. The van der Waals surface area contributed by atoms with Gasteiger partial charge in [0, 0.05) is 37.8 Å². The Morgan fingerprint density at radius 3 is 2.42 bits per heavy atom. The molecule has 3 nitrogen and oxygen atoms in total. The molecule has 1 saturated heterocycles. The van der Waals surface area contributed by atoms with E-state index in [2.05, 4.69) is 5.32 Å². The number of nitrogens with one attached hydrogen (secondary N) is 1. The van der Waals surface area contributed by atoms with Crippen molar-refractivity contribution >= 4 is 24.8 Å². The average Bonchev–Trinajstić information content (AvgIpc) is 2.34. The van der Waals surface area contributed by atoms with Gasteiger partial charge in [-0.1, -0.05) is 6.07 Å². The SMILES string of the molecule is Cl.Cl.Oc1ccc([C@@H](CF)N2CCNCC2)c(F)c1. The Morgan fingerprint density at radius 2 is 1.89 bits per heavy atom. The Morgan fingerprint density at radius 1 is 1.26 bits per heavy atom. The smallest absolute Gasteiger partial charge is 0.131 e. The number of hydrogen-bond acceptors (Lipinski definition) is 3. The van der Waals surface area contributed by atoms with Crippen molar-refractivity contribution in [1.29, 1.82) is 0 Å². The van der Waals surface area contributed by atoms with E-state index in [1.807, 2.05) is 4.90 Å². The quantitative estimate of drug-likeness (QED) is 0.898. The number of benzene rings is 1. The lowest BCUT2D eigenvalue weighted by atomic mass is 10.0. The van der Waals surface area contributed by atoms with Gasteiger partial charge in [-0.3, -0.25) is 4.90 Å². The molecule has 0 spiro atoms. The van der Waals surface area contributed by atoms with Crippen LogP contribution in [-0.2, 0) is 0 Å². The molecule has 1 heterocycles. The predicted octanol–water partition coefficient (Wildman–Crippen LogP) is 2.29. The highest BCUT2D eigenvalue weighted by atomic mass is 35.5. The number of aromatic hydroxyl groups is 1. The van der Waals surface area contributed by atoms with Crippen LogP contribution in [0, 0.1) is 5.82 Å². The second-order valence-electron chi connectivity index (χ2n) is 4.16. The van der Waals surface area contributed by atoms with Gasteiger partial charge >= 0.3 is 0 Å². The van der Waals surface area contributed by atoms with E-state index in [4.69, 9.17) is 5.11 Å². The van der Waals surface area contributed by atoms with Crippen molar-refractivity contribution in [2.45, 2.75) is 6.04 Å². The first kappa shape index (κ1) is 18.4. The molecule has 7 heteroatoms. The van der Waals surface area contributed by atoms with Crippen LogP contribution in [0.2, 0.25) is 0 Å². The lowest BCUT2D eigenvalue weighted by Crippen LogP contribution is -2.45. The van der Waals surface area contributed by atoms with Crippen LogP contribution in [0.1, 0.15) is 11.6 Å². The van der Waals surface area contributed by atoms with E-state index in [1.165, 1.54) is 12.1 Å². The molecule has 1 aromatic rings. The minimum Gasteiger partial charge on any atom is -0.508 e. The Bertz CT molecular complexity index is 390.